The number of thiazole rings is 1. The van der Waals surface area contributed by atoms with Crippen molar-refractivity contribution in [3.05, 3.63) is 16.6 Å². The third-order valence-electron chi connectivity index (χ3n) is 3.30. The van der Waals surface area contributed by atoms with Crippen LogP contribution in [-0.2, 0) is 6.54 Å². The van der Waals surface area contributed by atoms with Gasteiger partial charge < -0.3 is 5.32 Å². The molecule has 1 saturated heterocycles. The first-order valence-electron chi connectivity index (χ1n) is 6.22. The predicted molar refractivity (Wildman–Crippen MR) is 68.7 cm³/mol. The zero-order valence-corrected chi connectivity index (χ0v) is 10.8. The van der Waals surface area contributed by atoms with Crippen molar-refractivity contribution < 1.29 is 0 Å². The maximum Gasteiger partial charge on any atom is 0.0795 e. The van der Waals surface area contributed by atoms with Crippen molar-refractivity contribution in [2.75, 3.05) is 19.6 Å². The summed E-state index contributed by atoms with van der Waals surface area (Å²) in [5.74, 6) is 0. The van der Waals surface area contributed by atoms with Crippen molar-refractivity contribution in [3.63, 3.8) is 0 Å². The highest BCUT2D eigenvalue weighted by Crippen LogP contribution is 2.13. The van der Waals surface area contributed by atoms with Gasteiger partial charge in [0.05, 0.1) is 11.2 Å². The van der Waals surface area contributed by atoms with E-state index in [2.05, 4.69) is 27.5 Å². The van der Waals surface area contributed by atoms with Gasteiger partial charge in [-0.25, -0.2) is 4.98 Å². The second-order valence-electron chi connectivity index (χ2n) is 4.42. The molecule has 0 aliphatic carbocycles. The standard InChI is InChI=1S/C12H21N3S/c1-2-12(15-5-3-4-6-15)8-13-7-11-9-16-10-14-11/h9-10,12-13H,2-8H2,1H3. The molecule has 4 heteroatoms. The Morgan fingerprint density at radius 2 is 2.31 bits per heavy atom. The molecule has 1 N–H and O–H groups in total. The van der Waals surface area contributed by atoms with Crippen LogP contribution in [-0.4, -0.2) is 35.6 Å². The van der Waals surface area contributed by atoms with Gasteiger partial charge in [-0.3, -0.25) is 4.90 Å². The van der Waals surface area contributed by atoms with Crippen LogP contribution in [0.4, 0.5) is 0 Å². The first kappa shape index (κ1) is 12.0. The minimum atomic E-state index is 0.709. The predicted octanol–water partition coefficient (Wildman–Crippen LogP) is 2.11. The van der Waals surface area contributed by atoms with Crippen molar-refractivity contribution >= 4 is 11.3 Å². The normalized spacial score (nSPS) is 19.1. The Morgan fingerprint density at radius 1 is 1.50 bits per heavy atom. The van der Waals surface area contributed by atoms with Crippen molar-refractivity contribution in [1.29, 1.82) is 0 Å². The number of nitrogens with one attached hydrogen (secondary N) is 1. The molecule has 3 nitrogen and oxygen atoms in total. The fourth-order valence-corrected chi connectivity index (χ4v) is 2.89. The molecule has 1 aromatic rings. The van der Waals surface area contributed by atoms with Gasteiger partial charge in [-0.15, -0.1) is 11.3 Å². The molecular formula is C12H21N3S. The van der Waals surface area contributed by atoms with E-state index in [1.165, 1.54) is 38.0 Å². The molecule has 1 unspecified atom stereocenters. The van der Waals surface area contributed by atoms with Crippen molar-refractivity contribution in [2.24, 2.45) is 0 Å². The lowest BCUT2D eigenvalue weighted by Crippen LogP contribution is -2.40. The third kappa shape index (κ3) is 3.27. The Bertz CT molecular complexity index is 280. The molecule has 1 aromatic heterocycles. The van der Waals surface area contributed by atoms with Crippen LogP contribution in [0.1, 0.15) is 31.9 Å². The van der Waals surface area contributed by atoms with Gasteiger partial charge in [-0.1, -0.05) is 6.92 Å². The Morgan fingerprint density at radius 3 is 2.94 bits per heavy atom. The molecule has 1 aliphatic heterocycles. The Labute approximate surface area is 102 Å². The molecule has 16 heavy (non-hydrogen) atoms. The van der Waals surface area contributed by atoms with E-state index in [1.54, 1.807) is 11.3 Å². The lowest BCUT2D eigenvalue weighted by Gasteiger charge is -2.26. The van der Waals surface area contributed by atoms with Crippen LogP contribution in [0, 0.1) is 0 Å². The first-order valence-corrected chi connectivity index (χ1v) is 7.16. The number of aromatic nitrogens is 1. The van der Waals surface area contributed by atoms with E-state index < -0.39 is 0 Å². The largest absolute Gasteiger partial charge is 0.310 e. The summed E-state index contributed by atoms with van der Waals surface area (Å²) in [5, 5.41) is 5.63. The van der Waals surface area contributed by atoms with E-state index in [0.29, 0.717) is 6.04 Å². The quantitative estimate of drug-likeness (QED) is 0.824. The third-order valence-corrected chi connectivity index (χ3v) is 3.93. The molecule has 2 rings (SSSR count). The van der Waals surface area contributed by atoms with Gasteiger partial charge in [-0.2, -0.15) is 0 Å². The Balaban J connectivity index is 1.70. The summed E-state index contributed by atoms with van der Waals surface area (Å²) in [6.07, 6.45) is 4.00. The molecule has 90 valence electrons. The van der Waals surface area contributed by atoms with Gasteiger partial charge in [0.1, 0.15) is 0 Å². The highest BCUT2D eigenvalue weighted by atomic mass is 32.1. The molecule has 0 bridgehead atoms. The van der Waals surface area contributed by atoms with Gasteiger partial charge >= 0.3 is 0 Å². The van der Waals surface area contributed by atoms with Gasteiger partial charge in [0.2, 0.25) is 0 Å². The summed E-state index contributed by atoms with van der Waals surface area (Å²) in [5.41, 5.74) is 3.07. The Hall–Kier alpha value is -0.450. The fraction of sp³-hybridized carbons (Fsp3) is 0.750. The van der Waals surface area contributed by atoms with Gasteiger partial charge in [0.25, 0.3) is 0 Å². The van der Waals surface area contributed by atoms with Crippen LogP contribution in [0.3, 0.4) is 0 Å². The lowest BCUT2D eigenvalue weighted by atomic mass is 10.2. The zero-order valence-electron chi connectivity index (χ0n) is 9.98. The first-order chi connectivity index (χ1) is 7.90. The van der Waals surface area contributed by atoms with Gasteiger partial charge in [0, 0.05) is 24.5 Å². The summed E-state index contributed by atoms with van der Waals surface area (Å²) in [4.78, 5) is 6.90. The highest BCUT2D eigenvalue weighted by molar-refractivity contribution is 7.07. The van der Waals surface area contributed by atoms with E-state index in [9.17, 15) is 0 Å². The lowest BCUT2D eigenvalue weighted by molar-refractivity contribution is 0.229. The van der Waals surface area contributed by atoms with Crippen LogP contribution < -0.4 is 5.32 Å². The smallest absolute Gasteiger partial charge is 0.0795 e. The van der Waals surface area contributed by atoms with Crippen LogP contribution in [0.25, 0.3) is 0 Å². The van der Waals surface area contributed by atoms with E-state index in [1.807, 2.05) is 5.51 Å². The van der Waals surface area contributed by atoms with Crippen molar-refractivity contribution in [3.8, 4) is 0 Å². The molecule has 0 spiro atoms. The van der Waals surface area contributed by atoms with Crippen LogP contribution in [0.2, 0.25) is 0 Å². The molecule has 0 radical (unpaired) electrons. The van der Waals surface area contributed by atoms with Gasteiger partial charge in [-0.05, 0) is 32.4 Å². The maximum absolute atomic E-state index is 4.28. The zero-order chi connectivity index (χ0) is 11.2. The summed E-state index contributed by atoms with van der Waals surface area (Å²) < 4.78 is 0. The fourth-order valence-electron chi connectivity index (χ4n) is 2.33. The van der Waals surface area contributed by atoms with E-state index >= 15 is 0 Å². The van der Waals surface area contributed by atoms with Crippen molar-refractivity contribution in [1.82, 2.24) is 15.2 Å². The molecule has 0 aromatic carbocycles. The average molecular weight is 239 g/mol. The topological polar surface area (TPSA) is 28.2 Å². The SMILES string of the molecule is CCC(CNCc1cscn1)N1CCCC1. The second kappa shape index (κ2) is 6.33. The van der Waals surface area contributed by atoms with E-state index in [4.69, 9.17) is 0 Å². The van der Waals surface area contributed by atoms with Crippen LogP contribution in [0.15, 0.2) is 10.9 Å². The van der Waals surface area contributed by atoms with E-state index in [-0.39, 0.29) is 0 Å². The maximum atomic E-state index is 4.28. The number of nitrogens with zero attached hydrogens (tertiary/aromatic N) is 2. The summed E-state index contributed by atoms with van der Waals surface area (Å²) in [6, 6.07) is 0.709. The molecule has 0 amide bonds. The second-order valence-corrected chi connectivity index (χ2v) is 5.13. The summed E-state index contributed by atoms with van der Waals surface area (Å²) in [6.45, 7) is 6.86. The van der Waals surface area contributed by atoms with E-state index in [0.717, 1.165) is 13.1 Å². The summed E-state index contributed by atoms with van der Waals surface area (Å²) in [7, 11) is 0. The molecule has 1 atom stereocenters. The average Bonchev–Trinajstić information content (AvgIpc) is 2.96. The minimum absolute atomic E-state index is 0.709. The van der Waals surface area contributed by atoms with Crippen LogP contribution in [0.5, 0.6) is 0 Å². The molecule has 0 saturated carbocycles. The number of rotatable bonds is 6. The molecule has 1 aliphatic rings. The minimum Gasteiger partial charge on any atom is -0.310 e. The summed E-state index contributed by atoms with van der Waals surface area (Å²) >= 11 is 1.67. The van der Waals surface area contributed by atoms with Gasteiger partial charge in [0.15, 0.2) is 0 Å². The highest BCUT2D eigenvalue weighted by Gasteiger charge is 2.19. The molecular weight excluding hydrogens is 218 g/mol. The number of hydrogen-bond donors (Lipinski definition) is 1. The number of likely N-dealkylation sites (tertiary alicyclic amines) is 1. The van der Waals surface area contributed by atoms with Crippen LogP contribution >= 0.6 is 11.3 Å². The number of hydrogen-bond acceptors (Lipinski definition) is 4. The Kier molecular flexibility index (Phi) is 4.75. The molecule has 2 heterocycles. The monoisotopic (exact) mass is 239 g/mol. The molecule has 1 fully saturated rings. The van der Waals surface area contributed by atoms with Crippen molar-refractivity contribution in [2.45, 2.75) is 38.8 Å².